The number of nitrogens with zero attached hydrogens (tertiary/aromatic N) is 3. The molecule has 0 unspecified atom stereocenters. The molecule has 0 saturated carbocycles. The van der Waals surface area contributed by atoms with Gasteiger partial charge < -0.3 is 14.4 Å². The number of carbonyl (C=O) groups is 2. The number of fused-ring (bicyclic) bond motifs is 1. The smallest absolute Gasteiger partial charge is 0.245 e. The number of amides is 2. The van der Waals surface area contributed by atoms with E-state index in [4.69, 9.17) is 0 Å². The lowest BCUT2D eigenvalue weighted by atomic mass is 10.1. The van der Waals surface area contributed by atoms with Crippen LogP contribution in [0.3, 0.4) is 0 Å². The molecule has 0 spiro atoms. The lowest BCUT2D eigenvalue weighted by molar-refractivity contribution is -0.143. The van der Waals surface area contributed by atoms with Crippen LogP contribution in [0.4, 0.5) is 0 Å². The van der Waals surface area contributed by atoms with E-state index in [0.29, 0.717) is 6.04 Å². The molecule has 1 aromatic heterocycles. The van der Waals surface area contributed by atoms with Crippen LogP contribution >= 0.6 is 0 Å². The molecule has 0 radical (unpaired) electrons. The van der Waals surface area contributed by atoms with E-state index in [1.54, 1.807) is 11.8 Å². The van der Waals surface area contributed by atoms with Crippen LogP contribution in [-0.4, -0.2) is 51.4 Å². The number of aryl methyl sites for hydroxylation is 2. The highest BCUT2D eigenvalue weighted by Gasteiger charge is 2.38. The molecule has 2 atom stereocenters. The molecule has 0 aliphatic carbocycles. The van der Waals surface area contributed by atoms with E-state index in [1.807, 2.05) is 0 Å². The van der Waals surface area contributed by atoms with Gasteiger partial charge in [0.2, 0.25) is 11.8 Å². The number of hydrogen-bond acceptors (Lipinski definition) is 2. The van der Waals surface area contributed by atoms with E-state index in [1.165, 1.54) is 16.6 Å². The maximum Gasteiger partial charge on any atom is 0.245 e. The number of para-hydroxylation sites is 1. The molecule has 2 aliphatic heterocycles. The van der Waals surface area contributed by atoms with Crippen LogP contribution in [0.15, 0.2) is 30.3 Å². The van der Waals surface area contributed by atoms with Gasteiger partial charge in [0, 0.05) is 43.8 Å². The molecule has 2 saturated heterocycles. The third kappa shape index (κ3) is 3.43. The van der Waals surface area contributed by atoms with Gasteiger partial charge in [-0.05, 0) is 63.0 Å². The second-order valence-corrected chi connectivity index (χ2v) is 8.18. The van der Waals surface area contributed by atoms with Crippen molar-refractivity contribution >= 4 is 22.7 Å². The van der Waals surface area contributed by atoms with Crippen LogP contribution in [0.5, 0.6) is 0 Å². The average molecular weight is 382 g/mol. The quantitative estimate of drug-likeness (QED) is 0.794. The first-order valence-corrected chi connectivity index (χ1v) is 10.7. The van der Waals surface area contributed by atoms with E-state index < -0.39 is 0 Å². The van der Waals surface area contributed by atoms with Gasteiger partial charge in [0.05, 0.1) is 0 Å². The van der Waals surface area contributed by atoms with Crippen LogP contribution in [0.2, 0.25) is 0 Å². The van der Waals surface area contributed by atoms with Crippen LogP contribution < -0.4 is 0 Å². The summed E-state index contributed by atoms with van der Waals surface area (Å²) in [6, 6.07) is 10.9. The number of rotatable bonds is 5. The van der Waals surface area contributed by atoms with Gasteiger partial charge in [0.25, 0.3) is 0 Å². The first-order chi connectivity index (χ1) is 13.6. The maximum absolute atomic E-state index is 13.2. The molecule has 150 valence electrons. The van der Waals surface area contributed by atoms with Crippen molar-refractivity contribution in [1.82, 2.24) is 14.4 Å². The van der Waals surface area contributed by atoms with Gasteiger partial charge in [-0.1, -0.05) is 18.2 Å². The van der Waals surface area contributed by atoms with Crippen molar-refractivity contribution < 1.29 is 9.59 Å². The summed E-state index contributed by atoms with van der Waals surface area (Å²) >= 11 is 0. The zero-order valence-electron chi connectivity index (χ0n) is 17.1. The standard InChI is InChI=1S/C23H31N3O2/c1-3-24-20(16-18-8-4-5-10-21(18)24)13-12-19-9-6-15-26(19)23(28)22-11-7-14-25(22)17(2)27/h4-5,8,10,16,19,22H,3,6-7,9,11-15H2,1-2H3/t19-,22+/m0/s1. The third-order valence-electron chi connectivity index (χ3n) is 6.55. The summed E-state index contributed by atoms with van der Waals surface area (Å²) in [6.07, 6.45) is 5.87. The molecule has 2 fully saturated rings. The maximum atomic E-state index is 13.2. The lowest BCUT2D eigenvalue weighted by Gasteiger charge is -2.31. The van der Waals surface area contributed by atoms with Crippen LogP contribution in [0.25, 0.3) is 10.9 Å². The molecular weight excluding hydrogens is 350 g/mol. The second kappa shape index (κ2) is 7.98. The summed E-state index contributed by atoms with van der Waals surface area (Å²) in [5, 5.41) is 1.29. The Labute approximate surface area is 167 Å². The van der Waals surface area contributed by atoms with Crippen molar-refractivity contribution in [1.29, 1.82) is 0 Å². The molecule has 0 bridgehead atoms. The highest BCUT2D eigenvalue weighted by molar-refractivity contribution is 5.88. The van der Waals surface area contributed by atoms with Crippen LogP contribution in [-0.2, 0) is 22.6 Å². The fraction of sp³-hybridized carbons (Fsp3) is 0.565. The van der Waals surface area contributed by atoms with Crippen molar-refractivity contribution in [3.05, 3.63) is 36.0 Å². The fourth-order valence-electron chi connectivity index (χ4n) is 5.18. The van der Waals surface area contributed by atoms with E-state index in [9.17, 15) is 9.59 Å². The van der Waals surface area contributed by atoms with Gasteiger partial charge in [0.15, 0.2) is 0 Å². The normalized spacial score (nSPS) is 22.4. The number of benzene rings is 1. The summed E-state index contributed by atoms with van der Waals surface area (Å²) < 4.78 is 2.39. The number of hydrogen-bond donors (Lipinski definition) is 0. The first kappa shape index (κ1) is 19.0. The van der Waals surface area contributed by atoms with Gasteiger partial charge in [-0.25, -0.2) is 0 Å². The topological polar surface area (TPSA) is 45.6 Å². The van der Waals surface area contributed by atoms with Gasteiger partial charge in [-0.2, -0.15) is 0 Å². The fourth-order valence-corrected chi connectivity index (χ4v) is 5.18. The van der Waals surface area contributed by atoms with Crippen molar-refractivity contribution in [2.75, 3.05) is 13.1 Å². The molecule has 5 heteroatoms. The molecular formula is C23H31N3O2. The van der Waals surface area contributed by atoms with Gasteiger partial charge in [-0.3, -0.25) is 9.59 Å². The minimum atomic E-state index is -0.236. The number of carbonyl (C=O) groups excluding carboxylic acids is 2. The van der Waals surface area contributed by atoms with Crippen molar-refractivity contribution in [2.45, 2.75) is 71.0 Å². The molecule has 2 aliphatic rings. The SMILES string of the molecule is CCn1c(CC[C@@H]2CCCN2C(=O)[C@H]2CCCN2C(C)=O)cc2ccccc21. The predicted octanol–water partition coefficient (Wildman–Crippen LogP) is 3.60. The Morgan fingerprint density at radius 2 is 1.82 bits per heavy atom. The number of aromatic nitrogens is 1. The van der Waals surface area contributed by atoms with Gasteiger partial charge >= 0.3 is 0 Å². The minimum Gasteiger partial charge on any atom is -0.345 e. The summed E-state index contributed by atoms with van der Waals surface area (Å²) in [5.41, 5.74) is 2.65. The van der Waals surface area contributed by atoms with Gasteiger partial charge in [-0.15, -0.1) is 0 Å². The molecule has 28 heavy (non-hydrogen) atoms. The Bertz CT molecular complexity index is 872. The summed E-state index contributed by atoms with van der Waals surface area (Å²) in [4.78, 5) is 28.9. The van der Waals surface area contributed by atoms with Gasteiger partial charge in [0.1, 0.15) is 6.04 Å². The molecule has 3 heterocycles. The lowest BCUT2D eigenvalue weighted by Crippen LogP contribution is -2.48. The zero-order valence-corrected chi connectivity index (χ0v) is 17.1. The molecule has 0 N–H and O–H groups in total. The zero-order chi connectivity index (χ0) is 19.7. The summed E-state index contributed by atoms with van der Waals surface area (Å²) in [6.45, 7) is 6.30. The summed E-state index contributed by atoms with van der Waals surface area (Å²) in [7, 11) is 0. The minimum absolute atomic E-state index is 0.0269. The highest BCUT2D eigenvalue weighted by atomic mass is 16.2. The first-order valence-electron chi connectivity index (χ1n) is 10.7. The van der Waals surface area contributed by atoms with Crippen molar-refractivity contribution in [3.8, 4) is 0 Å². The Morgan fingerprint density at radius 1 is 1.07 bits per heavy atom. The van der Waals surface area contributed by atoms with Crippen molar-refractivity contribution in [3.63, 3.8) is 0 Å². The van der Waals surface area contributed by atoms with Crippen LogP contribution in [0, 0.1) is 0 Å². The van der Waals surface area contributed by atoms with E-state index in [-0.39, 0.29) is 17.9 Å². The largest absolute Gasteiger partial charge is 0.345 e. The van der Waals surface area contributed by atoms with Crippen LogP contribution in [0.1, 0.15) is 51.6 Å². The molecule has 5 nitrogen and oxygen atoms in total. The Morgan fingerprint density at radius 3 is 2.61 bits per heavy atom. The average Bonchev–Trinajstić information content (AvgIpc) is 3.42. The monoisotopic (exact) mass is 381 g/mol. The molecule has 2 amide bonds. The predicted molar refractivity (Wildman–Crippen MR) is 111 cm³/mol. The van der Waals surface area contributed by atoms with Crippen molar-refractivity contribution in [2.24, 2.45) is 0 Å². The highest BCUT2D eigenvalue weighted by Crippen LogP contribution is 2.28. The van der Waals surface area contributed by atoms with E-state index in [0.717, 1.165) is 58.2 Å². The third-order valence-corrected chi connectivity index (χ3v) is 6.55. The molecule has 2 aromatic rings. The summed E-state index contributed by atoms with van der Waals surface area (Å²) in [5.74, 6) is 0.199. The molecule has 1 aromatic carbocycles. The van der Waals surface area contributed by atoms with E-state index in [2.05, 4.69) is 46.7 Å². The molecule has 4 rings (SSSR count). The Hall–Kier alpha value is -2.30. The Balaban J connectivity index is 1.46. The Kier molecular flexibility index (Phi) is 5.42. The second-order valence-electron chi connectivity index (χ2n) is 8.18. The van der Waals surface area contributed by atoms with E-state index >= 15 is 0 Å². The number of likely N-dealkylation sites (tertiary alicyclic amines) is 2.